The number of hydrogen-bond donors (Lipinski definition) is 2. The van der Waals surface area contributed by atoms with E-state index in [1.807, 2.05) is 19.1 Å². The Morgan fingerprint density at radius 2 is 2.11 bits per heavy atom. The molecule has 1 heterocycles. The van der Waals surface area contributed by atoms with Gasteiger partial charge in [0.1, 0.15) is 0 Å². The van der Waals surface area contributed by atoms with Crippen LogP contribution in [0.25, 0.3) is 0 Å². The monoisotopic (exact) mass is 246 g/mol. The third kappa shape index (κ3) is 3.30. The molecule has 1 aromatic carbocycles. The zero-order valence-electron chi connectivity index (χ0n) is 10.7. The lowest BCUT2D eigenvalue weighted by atomic mass is 10.1. The lowest BCUT2D eigenvalue weighted by molar-refractivity contribution is 0.484. The lowest BCUT2D eigenvalue weighted by Crippen LogP contribution is -2.11. The number of nitrogens with one attached hydrogen (secondary N) is 2. The lowest BCUT2D eigenvalue weighted by Gasteiger charge is -2.03. The van der Waals surface area contributed by atoms with Gasteiger partial charge in [-0.1, -0.05) is 31.1 Å². The van der Waals surface area contributed by atoms with Crippen LogP contribution in [0.2, 0.25) is 0 Å². The first kappa shape index (κ1) is 12.6. The number of rotatable bonds is 6. The molecule has 0 aliphatic rings. The number of aromatic nitrogens is 2. The Hall–Kier alpha value is -1.88. The molecule has 18 heavy (non-hydrogen) atoms. The third-order valence-corrected chi connectivity index (χ3v) is 2.58. The van der Waals surface area contributed by atoms with Gasteiger partial charge in [0.2, 0.25) is 5.89 Å². The molecular formula is C13H18N4O. The maximum Gasteiger partial charge on any atom is 0.320 e. The molecule has 0 saturated heterocycles. The highest BCUT2D eigenvalue weighted by atomic mass is 16.4. The van der Waals surface area contributed by atoms with Crippen LogP contribution in [0.1, 0.15) is 25.3 Å². The van der Waals surface area contributed by atoms with Crippen LogP contribution >= 0.6 is 0 Å². The second-order valence-corrected chi connectivity index (χ2v) is 3.96. The van der Waals surface area contributed by atoms with Gasteiger partial charge in [-0.05, 0) is 30.7 Å². The van der Waals surface area contributed by atoms with E-state index < -0.39 is 0 Å². The molecule has 2 N–H and O–H groups in total. The van der Waals surface area contributed by atoms with E-state index in [2.05, 4.69) is 39.9 Å². The minimum Gasteiger partial charge on any atom is -0.406 e. The normalized spacial score (nSPS) is 10.6. The van der Waals surface area contributed by atoms with Crippen LogP contribution in [-0.2, 0) is 13.0 Å². The minimum atomic E-state index is 0.427. The average molecular weight is 246 g/mol. The molecule has 2 rings (SSSR count). The molecule has 5 nitrogen and oxygen atoms in total. The van der Waals surface area contributed by atoms with E-state index in [0.29, 0.717) is 18.5 Å². The fraction of sp³-hybridized carbons (Fsp3) is 0.385. The van der Waals surface area contributed by atoms with E-state index in [1.165, 1.54) is 5.56 Å². The highest BCUT2D eigenvalue weighted by Gasteiger charge is 2.05. The van der Waals surface area contributed by atoms with Crippen molar-refractivity contribution in [2.24, 2.45) is 0 Å². The van der Waals surface area contributed by atoms with Gasteiger partial charge in [-0.25, -0.2) is 0 Å². The van der Waals surface area contributed by atoms with E-state index in [9.17, 15) is 0 Å². The second-order valence-electron chi connectivity index (χ2n) is 3.96. The zero-order chi connectivity index (χ0) is 12.8. The van der Waals surface area contributed by atoms with Crippen molar-refractivity contribution < 1.29 is 4.42 Å². The maximum atomic E-state index is 5.47. The predicted molar refractivity (Wildman–Crippen MR) is 70.8 cm³/mol. The first-order chi connectivity index (χ1) is 8.81. The molecule has 1 aromatic heterocycles. The average Bonchev–Trinajstić information content (AvgIpc) is 2.84. The molecule has 0 aliphatic heterocycles. The van der Waals surface area contributed by atoms with E-state index in [0.717, 1.165) is 18.7 Å². The molecule has 0 spiro atoms. The molecule has 0 saturated carbocycles. The molecule has 96 valence electrons. The van der Waals surface area contributed by atoms with Crippen molar-refractivity contribution in [3.05, 3.63) is 35.7 Å². The highest BCUT2D eigenvalue weighted by Crippen LogP contribution is 2.16. The Morgan fingerprint density at radius 3 is 2.89 bits per heavy atom. The van der Waals surface area contributed by atoms with Gasteiger partial charge < -0.3 is 15.1 Å². The van der Waals surface area contributed by atoms with Crippen molar-refractivity contribution in [3.8, 4) is 0 Å². The van der Waals surface area contributed by atoms with Gasteiger partial charge >= 0.3 is 6.01 Å². The standard InChI is InChI=1S/C13H18N4O/c1-3-10-6-5-7-11(8-10)15-13-17-16-12(18-13)9-14-4-2/h5-8,14H,3-4,9H2,1-2H3,(H,15,17). The second kappa shape index (κ2) is 6.16. The number of hydrogen-bond acceptors (Lipinski definition) is 5. The van der Waals surface area contributed by atoms with Crippen molar-refractivity contribution in [2.75, 3.05) is 11.9 Å². The molecular weight excluding hydrogens is 228 g/mol. The summed E-state index contributed by atoms with van der Waals surface area (Å²) in [5, 5.41) is 14.1. The molecule has 0 bridgehead atoms. The Morgan fingerprint density at radius 1 is 1.22 bits per heavy atom. The summed E-state index contributed by atoms with van der Waals surface area (Å²) in [5.74, 6) is 0.589. The van der Waals surface area contributed by atoms with E-state index in [-0.39, 0.29) is 0 Å². The van der Waals surface area contributed by atoms with Crippen LogP contribution in [0.4, 0.5) is 11.7 Å². The SMILES string of the molecule is CCNCc1nnc(Nc2cccc(CC)c2)o1. The van der Waals surface area contributed by atoms with Gasteiger partial charge in [-0.2, -0.15) is 0 Å². The fourth-order valence-corrected chi connectivity index (χ4v) is 1.60. The quantitative estimate of drug-likeness (QED) is 0.820. The summed E-state index contributed by atoms with van der Waals surface area (Å²) in [6.07, 6.45) is 1.00. The van der Waals surface area contributed by atoms with Crippen LogP contribution in [-0.4, -0.2) is 16.7 Å². The van der Waals surface area contributed by atoms with Crippen molar-refractivity contribution in [3.63, 3.8) is 0 Å². The van der Waals surface area contributed by atoms with Crippen LogP contribution in [0.15, 0.2) is 28.7 Å². The van der Waals surface area contributed by atoms with Crippen LogP contribution < -0.4 is 10.6 Å². The summed E-state index contributed by atoms with van der Waals surface area (Å²) in [6, 6.07) is 8.59. The molecule has 2 aromatic rings. The molecule has 0 atom stereocenters. The van der Waals surface area contributed by atoms with Gasteiger partial charge in [0.15, 0.2) is 0 Å². The summed E-state index contributed by atoms with van der Waals surface area (Å²) in [4.78, 5) is 0. The predicted octanol–water partition coefficient (Wildman–Crippen LogP) is 2.49. The summed E-state index contributed by atoms with van der Waals surface area (Å²) >= 11 is 0. The topological polar surface area (TPSA) is 63.0 Å². The summed E-state index contributed by atoms with van der Waals surface area (Å²) in [7, 11) is 0. The van der Waals surface area contributed by atoms with Crippen molar-refractivity contribution in [2.45, 2.75) is 26.8 Å². The van der Waals surface area contributed by atoms with E-state index in [1.54, 1.807) is 0 Å². The summed E-state index contributed by atoms with van der Waals surface area (Å²) in [5.41, 5.74) is 2.24. The number of benzene rings is 1. The van der Waals surface area contributed by atoms with Crippen LogP contribution in [0.3, 0.4) is 0 Å². The molecule has 0 unspecified atom stereocenters. The van der Waals surface area contributed by atoms with Crippen molar-refractivity contribution >= 4 is 11.7 Å². The number of nitrogens with zero attached hydrogens (tertiary/aromatic N) is 2. The van der Waals surface area contributed by atoms with E-state index >= 15 is 0 Å². The first-order valence-electron chi connectivity index (χ1n) is 6.21. The van der Waals surface area contributed by atoms with Gasteiger partial charge in [-0.3, -0.25) is 0 Å². The molecule has 0 radical (unpaired) electrons. The summed E-state index contributed by atoms with van der Waals surface area (Å²) < 4.78 is 5.47. The van der Waals surface area contributed by atoms with Gasteiger partial charge in [0, 0.05) is 5.69 Å². The number of aryl methyl sites for hydroxylation is 1. The van der Waals surface area contributed by atoms with Crippen molar-refractivity contribution in [1.29, 1.82) is 0 Å². The van der Waals surface area contributed by atoms with Crippen LogP contribution in [0, 0.1) is 0 Å². The Kier molecular flexibility index (Phi) is 4.30. The van der Waals surface area contributed by atoms with Gasteiger partial charge in [0.25, 0.3) is 0 Å². The molecule has 5 heteroatoms. The smallest absolute Gasteiger partial charge is 0.320 e. The minimum absolute atomic E-state index is 0.427. The number of anilines is 2. The Balaban J connectivity index is 2.01. The highest BCUT2D eigenvalue weighted by molar-refractivity contribution is 5.52. The molecule has 0 amide bonds. The Bertz CT molecular complexity index is 495. The maximum absolute atomic E-state index is 5.47. The van der Waals surface area contributed by atoms with Crippen molar-refractivity contribution in [1.82, 2.24) is 15.5 Å². The largest absolute Gasteiger partial charge is 0.406 e. The molecule has 0 aliphatic carbocycles. The zero-order valence-corrected chi connectivity index (χ0v) is 10.7. The van der Waals surface area contributed by atoms with Gasteiger partial charge in [0.05, 0.1) is 6.54 Å². The fourth-order valence-electron chi connectivity index (χ4n) is 1.60. The van der Waals surface area contributed by atoms with Gasteiger partial charge in [-0.15, -0.1) is 5.10 Å². The summed E-state index contributed by atoms with van der Waals surface area (Å²) in [6.45, 7) is 5.63. The first-order valence-corrected chi connectivity index (χ1v) is 6.21. The Labute approximate surface area is 107 Å². The van der Waals surface area contributed by atoms with Crippen LogP contribution in [0.5, 0.6) is 0 Å². The molecule has 0 fully saturated rings. The third-order valence-electron chi connectivity index (χ3n) is 2.58. The van der Waals surface area contributed by atoms with E-state index in [4.69, 9.17) is 4.42 Å².